The molecule has 0 saturated carbocycles. The molecule has 1 rings (SSSR count). The standard InChI is InChI=1S/C18H34N4O2/c1-14(2)18(4,13-19)20-17(24)15(3)21(5)12-16-6-8-22(9-7-16)10-11-23/h14-16,23H,6-12H2,1-5H3,(H,20,24)/t15-,18+/m1/s1. The summed E-state index contributed by atoms with van der Waals surface area (Å²) < 4.78 is 0. The summed E-state index contributed by atoms with van der Waals surface area (Å²) in [5.41, 5.74) is -0.832. The number of amides is 1. The summed E-state index contributed by atoms with van der Waals surface area (Å²) in [6.45, 7) is 11.4. The molecule has 1 aliphatic rings. The molecular weight excluding hydrogens is 304 g/mol. The van der Waals surface area contributed by atoms with E-state index in [1.807, 2.05) is 27.8 Å². The predicted molar refractivity (Wildman–Crippen MR) is 95.3 cm³/mol. The quantitative estimate of drug-likeness (QED) is 0.692. The number of likely N-dealkylation sites (N-methyl/N-ethyl adjacent to an activating group) is 1. The first-order chi connectivity index (χ1) is 11.2. The average Bonchev–Trinajstić information content (AvgIpc) is 2.55. The molecule has 0 aromatic carbocycles. The maximum atomic E-state index is 12.5. The van der Waals surface area contributed by atoms with Crippen molar-refractivity contribution in [3.63, 3.8) is 0 Å². The van der Waals surface area contributed by atoms with Crippen molar-refractivity contribution in [1.29, 1.82) is 5.26 Å². The number of nitrogens with zero attached hydrogens (tertiary/aromatic N) is 3. The summed E-state index contributed by atoms with van der Waals surface area (Å²) in [5, 5.41) is 21.3. The Morgan fingerprint density at radius 2 is 2.00 bits per heavy atom. The normalized spacial score (nSPS) is 20.6. The maximum absolute atomic E-state index is 12.5. The van der Waals surface area contributed by atoms with Gasteiger partial charge in [-0.15, -0.1) is 0 Å². The minimum atomic E-state index is -0.832. The Morgan fingerprint density at radius 3 is 2.46 bits per heavy atom. The van der Waals surface area contributed by atoms with E-state index >= 15 is 0 Å². The van der Waals surface area contributed by atoms with Crippen LogP contribution in [0.15, 0.2) is 0 Å². The smallest absolute Gasteiger partial charge is 0.238 e. The number of aliphatic hydroxyl groups excluding tert-OH is 1. The Hall–Kier alpha value is -1.16. The number of piperidine rings is 1. The molecule has 0 aromatic rings. The molecule has 0 bridgehead atoms. The monoisotopic (exact) mass is 338 g/mol. The molecule has 1 fully saturated rings. The highest BCUT2D eigenvalue weighted by Gasteiger charge is 2.33. The van der Waals surface area contributed by atoms with E-state index in [1.165, 1.54) is 0 Å². The van der Waals surface area contributed by atoms with E-state index in [9.17, 15) is 10.1 Å². The molecule has 1 saturated heterocycles. The molecule has 1 amide bonds. The van der Waals surface area contributed by atoms with Crippen LogP contribution >= 0.6 is 0 Å². The van der Waals surface area contributed by atoms with Crippen LogP contribution in [0.25, 0.3) is 0 Å². The highest BCUT2D eigenvalue weighted by molar-refractivity contribution is 5.82. The molecular formula is C18H34N4O2. The van der Waals surface area contributed by atoms with E-state index in [2.05, 4.69) is 21.2 Å². The third kappa shape index (κ3) is 5.73. The zero-order chi connectivity index (χ0) is 18.3. The second kappa shape index (κ2) is 9.36. The Bertz CT molecular complexity index is 441. The van der Waals surface area contributed by atoms with Crippen molar-refractivity contribution in [1.82, 2.24) is 15.1 Å². The van der Waals surface area contributed by atoms with Crippen LogP contribution in [0, 0.1) is 23.2 Å². The van der Waals surface area contributed by atoms with Crippen molar-refractivity contribution in [3.05, 3.63) is 0 Å². The molecule has 6 nitrogen and oxygen atoms in total. The van der Waals surface area contributed by atoms with E-state index < -0.39 is 5.54 Å². The first-order valence-corrected chi connectivity index (χ1v) is 9.00. The second-order valence-electron chi connectivity index (χ2n) is 7.58. The number of rotatable bonds is 8. The van der Waals surface area contributed by atoms with Gasteiger partial charge in [-0.25, -0.2) is 0 Å². The number of nitrogens with one attached hydrogen (secondary N) is 1. The molecule has 24 heavy (non-hydrogen) atoms. The van der Waals surface area contributed by atoms with Gasteiger partial charge in [-0.1, -0.05) is 13.8 Å². The number of hydrogen-bond donors (Lipinski definition) is 2. The van der Waals surface area contributed by atoms with Crippen molar-refractivity contribution in [2.24, 2.45) is 11.8 Å². The van der Waals surface area contributed by atoms with E-state index in [0.717, 1.165) is 39.0 Å². The summed E-state index contributed by atoms with van der Waals surface area (Å²) in [6.07, 6.45) is 2.20. The van der Waals surface area contributed by atoms with Gasteiger partial charge in [0.15, 0.2) is 0 Å². The van der Waals surface area contributed by atoms with Crippen LogP contribution in [-0.2, 0) is 4.79 Å². The van der Waals surface area contributed by atoms with Crippen molar-refractivity contribution < 1.29 is 9.90 Å². The molecule has 0 unspecified atom stereocenters. The number of carbonyl (C=O) groups is 1. The Kier molecular flexibility index (Phi) is 8.14. The van der Waals surface area contributed by atoms with Gasteiger partial charge >= 0.3 is 0 Å². The number of β-amino-alcohol motifs (C(OH)–C–C–N with tert-alkyl or cyclic N) is 1. The van der Waals surface area contributed by atoms with Gasteiger partial charge in [0, 0.05) is 13.1 Å². The highest BCUT2D eigenvalue weighted by Crippen LogP contribution is 2.19. The summed E-state index contributed by atoms with van der Waals surface area (Å²) in [4.78, 5) is 16.9. The molecule has 6 heteroatoms. The third-order valence-electron chi connectivity index (χ3n) is 5.48. The molecule has 1 aliphatic heterocycles. The first kappa shape index (κ1) is 20.9. The molecule has 2 atom stereocenters. The van der Waals surface area contributed by atoms with Crippen LogP contribution in [0.3, 0.4) is 0 Å². The number of carbonyl (C=O) groups excluding carboxylic acids is 1. The van der Waals surface area contributed by atoms with Crippen LogP contribution in [0.1, 0.15) is 40.5 Å². The average molecular weight is 338 g/mol. The van der Waals surface area contributed by atoms with Crippen LogP contribution in [0.2, 0.25) is 0 Å². The molecule has 1 heterocycles. The summed E-state index contributed by atoms with van der Waals surface area (Å²) in [5.74, 6) is 0.542. The Balaban J connectivity index is 2.49. The predicted octanol–water partition coefficient (Wildman–Crippen LogP) is 1.07. The summed E-state index contributed by atoms with van der Waals surface area (Å²) >= 11 is 0. The van der Waals surface area contributed by atoms with Gasteiger partial charge in [0.1, 0.15) is 5.54 Å². The molecule has 0 aromatic heterocycles. The zero-order valence-corrected chi connectivity index (χ0v) is 15.9. The van der Waals surface area contributed by atoms with Gasteiger partial charge in [0.25, 0.3) is 0 Å². The van der Waals surface area contributed by atoms with E-state index in [0.29, 0.717) is 5.92 Å². The fourth-order valence-corrected chi connectivity index (χ4v) is 2.96. The lowest BCUT2D eigenvalue weighted by Gasteiger charge is -2.36. The number of likely N-dealkylation sites (tertiary alicyclic amines) is 1. The SMILES string of the molecule is CC(C)[C@](C)(C#N)NC(=O)[C@@H](C)N(C)CC1CCN(CCO)CC1. The van der Waals surface area contributed by atoms with E-state index in [4.69, 9.17) is 5.11 Å². The lowest BCUT2D eigenvalue weighted by Crippen LogP contribution is -2.55. The van der Waals surface area contributed by atoms with E-state index in [1.54, 1.807) is 6.92 Å². The van der Waals surface area contributed by atoms with Gasteiger partial charge in [-0.3, -0.25) is 9.69 Å². The Morgan fingerprint density at radius 1 is 1.42 bits per heavy atom. The minimum Gasteiger partial charge on any atom is -0.395 e. The molecule has 138 valence electrons. The van der Waals surface area contributed by atoms with Gasteiger partial charge in [0.05, 0.1) is 18.7 Å². The van der Waals surface area contributed by atoms with Gasteiger partial charge in [-0.05, 0) is 58.7 Å². The molecule has 0 spiro atoms. The van der Waals surface area contributed by atoms with Gasteiger partial charge in [-0.2, -0.15) is 5.26 Å². The second-order valence-corrected chi connectivity index (χ2v) is 7.58. The maximum Gasteiger partial charge on any atom is 0.238 e. The number of hydrogen-bond acceptors (Lipinski definition) is 5. The lowest BCUT2D eigenvalue weighted by molar-refractivity contribution is -0.127. The van der Waals surface area contributed by atoms with Crippen molar-refractivity contribution >= 4 is 5.91 Å². The lowest BCUT2D eigenvalue weighted by atomic mass is 9.89. The fourth-order valence-electron chi connectivity index (χ4n) is 2.96. The first-order valence-electron chi connectivity index (χ1n) is 9.00. The Labute approximate surface area is 146 Å². The largest absolute Gasteiger partial charge is 0.395 e. The topological polar surface area (TPSA) is 79.6 Å². The van der Waals surface area contributed by atoms with Crippen LogP contribution in [-0.4, -0.2) is 72.2 Å². The summed E-state index contributed by atoms with van der Waals surface area (Å²) in [6, 6.07) is 1.97. The summed E-state index contributed by atoms with van der Waals surface area (Å²) in [7, 11) is 1.98. The zero-order valence-electron chi connectivity index (χ0n) is 15.9. The van der Waals surface area contributed by atoms with Crippen LogP contribution < -0.4 is 5.32 Å². The fraction of sp³-hybridized carbons (Fsp3) is 0.889. The number of aliphatic hydroxyl groups is 1. The van der Waals surface area contributed by atoms with Gasteiger partial charge in [0.2, 0.25) is 5.91 Å². The van der Waals surface area contributed by atoms with Crippen molar-refractivity contribution in [2.75, 3.05) is 39.8 Å². The van der Waals surface area contributed by atoms with E-state index in [-0.39, 0.29) is 24.5 Å². The van der Waals surface area contributed by atoms with Crippen LogP contribution in [0.5, 0.6) is 0 Å². The van der Waals surface area contributed by atoms with Gasteiger partial charge < -0.3 is 15.3 Å². The van der Waals surface area contributed by atoms with Crippen LogP contribution in [0.4, 0.5) is 0 Å². The molecule has 0 radical (unpaired) electrons. The minimum absolute atomic E-state index is 0.0554. The third-order valence-corrected chi connectivity index (χ3v) is 5.48. The van der Waals surface area contributed by atoms with Crippen molar-refractivity contribution in [2.45, 2.75) is 52.1 Å². The molecule has 2 N–H and O–H groups in total. The number of nitriles is 1. The van der Waals surface area contributed by atoms with Crippen molar-refractivity contribution in [3.8, 4) is 6.07 Å². The molecule has 0 aliphatic carbocycles. The highest BCUT2D eigenvalue weighted by atomic mass is 16.3.